The van der Waals surface area contributed by atoms with Gasteiger partial charge in [-0.15, -0.1) is 4.91 Å². The minimum atomic E-state index is -0.624. The molecule has 0 heterocycles. The standard InChI is InChI=1S/C9H8N2O4/c1-15-9(13)7-4-2-6(3-5-7)8(12)10-11-14/h2-5H,1H3,(H,10,12,14). The molecule has 0 aliphatic heterocycles. The highest BCUT2D eigenvalue weighted by Crippen LogP contribution is 2.05. The predicted molar refractivity (Wildman–Crippen MR) is 51.0 cm³/mol. The summed E-state index contributed by atoms with van der Waals surface area (Å²) >= 11 is 0. The number of ether oxygens (including phenoxy) is 1. The van der Waals surface area contributed by atoms with Gasteiger partial charge in [-0.3, -0.25) is 4.79 Å². The van der Waals surface area contributed by atoms with Crippen molar-refractivity contribution in [3.05, 3.63) is 40.3 Å². The fraction of sp³-hybridized carbons (Fsp3) is 0.111. The van der Waals surface area contributed by atoms with Crippen molar-refractivity contribution in [3.8, 4) is 0 Å². The number of rotatable bonds is 3. The summed E-state index contributed by atoms with van der Waals surface area (Å²) in [6.07, 6.45) is 0. The van der Waals surface area contributed by atoms with E-state index in [0.29, 0.717) is 5.56 Å². The summed E-state index contributed by atoms with van der Waals surface area (Å²) in [5.74, 6) is -1.11. The quantitative estimate of drug-likeness (QED) is 0.454. The van der Waals surface area contributed by atoms with Crippen LogP contribution in [0.25, 0.3) is 0 Å². The van der Waals surface area contributed by atoms with Crippen LogP contribution < -0.4 is 5.43 Å². The van der Waals surface area contributed by atoms with Crippen molar-refractivity contribution >= 4 is 11.9 Å². The van der Waals surface area contributed by atoms with Crippen molar-refractivity contribution in [1.29, 1.82) is 0 Å². The molecule has 78 valence electrons. The Morgan fingerprint density at radius 1 is 1.20 bits per heavy atom. The molecule has 6 nitrogen and oxygen atoms in total. The molecule has 6 heteroatoms. The second-order valence-electron chi connectivity index (χ2n) is 2.60. The van der Waals surface area contributed by atoms with Crippen LogP contribution in [0.2, 0.25) is 0 Å². The lowest BCUT2D eigenvalue weighted by molar-refractivity contribution is 0.0600. The molecule has 1 aromatic carbocycles. The fourth-order valence-corrected chi connectivity index (χ4v) is 0.982. The van der Waals surface area contributed by atoms with Crippen molar-refractivity contribution < 1.29 is 14.3 Å². The number of nitrogens with zero attached hydrogens (tertiary/aromatic N) is 1. The molecule has 0 aliphatic rings. The zero-order chi connectivity index (χ0) is 11.3. The Morgan fingerprint density at radius 3 is 2.20 bits per heavy atom. The molecule has 0 aromatic heterocycles. The van der Waals surface area contributed by atoms with Crippen molar-refractivity contribution in [1.82, 2.24) is 5.43 Å². The van der Waals surface area contributed by atoms with Crippen molar-refractivity contribution in [2.24, 2.45) is 5.29 Å². The fourth-order valence-electron chi connectivity index (χ4n) is 0.982. The molecule has 0 aliphatic carbocycles. The van der Waals surface area contributed by atoms with Crippen LogP contribution in [0.5, 0.6) is 0 Å². The molecular weight excluding hydrogens is 200 g/mol. The van der Waals surface area contributed by atoms with Gasteiger partial charge in [-0.2, -0.15) is 0 Å². The number of amides is 1. The number of hydrogen-bond acceptors (Lipinski definition) is 5. The average molecular weight is 208 g/mol. The molecule has 0 radical (unpaired) electrons. The average Bonchev–Trinajstić information content (AvgIpc) is 2.28. The van der Waals surface area contributed by atoms with E-state index in [9.17, 15) is 14.5 Å². The smallest absolute Gasteiger partial charge is 0.337 e. The molecule has 1 rings (SSSR count). The molecule has 0 saturated heterocycles. The van der Waals surface area contributed by atoms with Gasteiger partial charge in [-0.1, -0.05) is 0 Å². The van der Waals surface area contributed by atoms with Crippen LogP contribution in [0.1, 0.15) is 20.7 Å². The van der Waals surface area contributed by atoms with E-state index in [-0.39, 0.29) is 5.56 Å². The van der Waals surface area contributed by atoms with Gasteiger partial charge in [0.1, 0.15) is 0 Å². The van der Waals surface area contributed by atoms with Gasteiger partial charge < -0.3 is 4.74 Å². The van der Waals surface area contributed by atoms with E-state index < -0.39 is 11.9 Å². The molecule has 0 fully saturated rings. The molecule has 0 atom stereocenters. The Balaban J connectivity index is 2.85. The van der Waals surface area contributed by atoms with Gasteiger partial charge in [0.2, 0.25) is 0 Å². The van der Waals surface area contributed by atoms with Crippen LogP contribution >= 0.6 is 0 Å². The number of benzene rings is 1. The van der Waals surface area contributed by atoms with Gasteiger partial charge in [-0.25, -0.2) is 10.2 Å². The molecule has 1 N–H and O–H groups in total. The topological polar surface area (TPSA) is 84.8 Å². The molecule has 15 heavy (non-hydrogen) atoms. The molecule has 1 amide bonds. The molecule has 0 unspecified atom stereocenters. The van der Waals surface area contributed by atoms with Gasteiger partial charge in [0.25, 0.3) is 5.91 Å². The van der Waals surface area contributed by atoms with E-state index in [4.69, 9.17) is 0 Å². The first-order valence-electron chi connectivity index (χ1n) is 4.00. The second-order valence-corrected chi connectivity index (χ2v) is 2.60. The van der Waals surface area contributed by atoms with Crippen molar-refractivity contribution in [2.75, 3.05) is 7.11 Å². The van der Waals surface area contributed by atoms with Crippen LogP contribution in [0.15, 0.2) is 29.6 Å². The van der Waals surface area contributed by atoms with Crippen molar-refractivity contribution in [3.63, 3.8) is 0 Å². The second kappa shape index (κ2) is 4.85. The monoisotopic (exact) mass is 208 g/mol. The molecular formula is C9H8N2O4. The van der Waals surface area contributed by atoms with Crippen LogP contribution in [0.4, 0.5) is 0 Å². The third kappa shape index (κ3) is 2.60. The predicted octanol–water partition coefficient (Wildman–Crippen LogP) is 0.884. The van der Waals surface area contributed by atoms with Gasteiger partial charge in [-0.05, 0) is 24.3 Å². The minimum absolute atomic E-state index is 0.238. The number of nitroso groups, excluding NO2 is 1. The highest BCUT2D eigenvalue weighted by atomic mass is 16.5. The van der Waals surface area contributed by atoms with E-state index in [0.717, 1.165) is 0 Å². The number of hydrogen-bond donors (Lipinski definition) is 1. The number of esters is 1. The Morgan fingerprint density at radius 2 is 1.73 bits per heavy atom. The summed E-state index contributed by atoms with van der Waals surface area (Å²) in [7, 11) is 1.26. The summed E-state index contributed by atoms with van der Waals surface area (Å²) < 4.78 is 4.48. The lowest BCUT2D eigenvalue weighted by Gasteiger charge is -2.00. The van der Waals surface area contributed by atoms with E-state index >= 15 is 0 Å². The number of methoxy groups -OCH3 is 1. The Kier molecular flexibility index (Phi) is 3.50. The maximum absolute atomic E-state index is 11.1. The molecule has 0 spiro atoms. The highest BCUT2D eigenvalue weighted by molar-refractivity contribution is 5.95. The van der Waals surface area contributed by atoms with Crippen LogP contribution in [-0.2, 0) is 4.74 Å². The summed E-state index contributed by atoms with van der Waals surface area (Å²) in [5, 5.41) is 2.24. The minimum Gasteiger partial charge on any atom is -0.465 e. The Hall–Kier alpha value is -2.24. The Bertz CT molecular complexity index is 386. The summed E-state index contributed by atoms with van der Waals surface area (Å²) in [5.41, 5.74) is 2.30. The first kappa shape index (κ1) is 10.8. The zero-order valence-electron chi connectivity index (χ0n) is 7.89. The maximum atomic E-state index is 11.1. The highest BCUT2D eigenvalue weighted by Gasteiger charge is 2.08. The van der Waals surface area contributed by atoms with Crippen LogP contribution in [-0.4, -0.2) is 19.0 Å². The molecule has 0 bridgehead atoms. The SMILES string of the molecule is COC(=O)c1ccc(C(=O)NN=O)cc1. The third-order valence-corrected chi connectivity index (χ3v) is 1.72. The lowest BCUT2D eigenvalue weighted by atomic mass is 10.1. The van der Waals surface area contributed by atoms with Gasteiger partial charge in [0, 0.05) is 5.56 Å². The van der Waals surface area contributed by atoms with Gasteiger partial charge in [0.05, 0.1) is 18.0 Å². The lowest BCUT2D eigenvalue weighted by Crippen LogP contribution is -2.16. The van der Waals surface area contributed by atoms with E-state index in [2.05, 4.69) is 10.0 Å². The first-order chi connectivity index (χ1) is 7.19. The van der Waals surface area contributed by atoms with E-state index in [1.54, 1.807) is 5.43 Å². The maximum Gasteiger partial charge on any atom is 0.337 e. The number of carbonyl (C=O) groups is 2. The number of carbonyl (C=O) groups excluding carboxylic acids is 2. The largest absolute Gasteiger partial charge is 0.465 e. The normalized spacial score (nSPS) is 9.13. The van der Waals surface area contributed by atoms with Crippen LogP contribution in [0, 0.1) is 4.91 Å². The van der Waals surface area contributed by atoms with E-state index in [1.165, 1.54) is 31.4 Å². The third-order valence-electron chi connectivity index (χ3n) is 1.72. The van der Waals surface area contributed by atoms with Crippen molar-refractivity contribution in [2.45, 2.75) is 0 Å². The summed E-state index contributed by atoms with van der Waals surface area (Å²) in [4.78, 5) is 31.9. The first-order valence-corrected chi connectivity index (χ1v) is 4.00. The summed E-state index contributed by atoms with van der Waals surface area (Å²) in [6, 6.07) is 5.64. The number of nitrogens with one attached hydrogen (secondary N) is 1. The molecule has 0 saturated carbocycles. The van der Waals surface area contributed by atoms with E-state index in [1.807, 2.05) is 0 Å². The van der Waals surface area contributed by atoms with Gasteiger partial charge >= 0.3 is 5.97 Å². The molecule has 1 aromatic rings. The summed E-state index contributed by atoms with van der Waals surface area (Å²) in [6.45, 7) is 0. The van der Waals surface area contributed by atoms with Crippen LogP contribution in [0.3, 0.4) is 0 Å². The van der Waals surface area contributed by atoms with Gasteiger partial charge in [0.15, 0.2) is 0 Å². The Labute approximate surface area is 85.2 Å². The zero-order valence-corrected chi connectivity index (χ0v) is 7.89.